The summed E-state index contributed by atoms with van der Waals surface area (Å²) in [6, 6.07) is 3.02. The fraction of sp³-hybridized carbons (Fsp3) is 0.522. The van der Waals surface area contributed by atoms with Crippen molar-refractivity contribution in [1.29, 1.82) is 0 Å². The van der Waals surface area contributed by atoms with E-state index in [1.54, 1.807) is 13.8 Å². The van der Waals surface area contributed by atoms with Crippen molar-refractivity contribution < 1.29 is 24.3 Å². The van der Waals surface area contributed by atoms with Crippen molar-refractivity contribution >= 4 is 35.1 Å². The lowest BCUT2D eigenvalue weighted by atomic mass is 9.91. The molecule has 32 heavy (non-hydrogen) atoms. The number of aromatic nitrogens is 2. The lowest BCUT2D eigenvalue weighted by Crippen LogP contribution is -2.44. The van der Waals surface area contributed by atoms with Crippen LogP contribution in [-0.2, 0) is 25.7 Å². The van der Waals surface area contributed by atoms with Gasteiger partial charge in [0.25, 0.3) is 0 Å². The third kappa shape index (κ3) is 6.38. The number of hydrogen-bond acceptors (Lipinski definition) is 5. The standard InChI is InChI=1S/C23H32N4O5/c1-13(2)18(23(32)26-17(12-28)10-22(30)31)11-21(29)24-6-7-27-16(5)25-19-8-14(3)15(4)9-20(19)27/h8-9,12-13,17-18H,6-7,10-11H2,1-5H3,(H,24,29)(H,26,32)(H,30,31)/t17-,18-/m0/s1. The summed E-state index contributed by atoms with van der Waals surface area (Å²) >= 11 is 0. The zero-order valence-corrected chi connectivity index (χ0v) is 19.3. The van der Waals surface area contributed by atoms with Crippen LogP contribution in [0.2, 0.25) is 0 Å². The van der Waals surface area contributed by atoms with E-state index in [1.807, 2.05) is 20.8 Å². The zero-order chi connectivity index (χ0) is 24.0. The number of hydrogen-bond donors (Lipinski definition) is 3. The van der Waals surface area contributed by atoms with Gasteiger partial charge in [0, 0.05) is 25.4 Å². The molecule has 9 heteroatoms. The van der Waals surface area contributed by atoms with Gasteiger partial charge in [-0.2, -0.15) is 0 Å². The molecular formula is C23H32N4O5. The smallest absolute Gasteiger partial charge is 0.305 e. The van der Waals surface area contributed by atoms with Crippen LogP contribution in [0.15, 0.2) is 12.1 Å². The maximum Gasteiger partial charge on any atom is 0.305 e. The first kappa shape index (κ1) is 25.0. The molecule has 1 heterocycles. The van der Waals surface area contributed by atoms with Crippen molar-refractivity contribution in [2.24, 2.45) is 11.8 Å². The van der Waals surface area contributed by atoms with Gasteiger partial charge in [-0.1, -0.05) is 13.8 Å². The molecule has 0 saturated heterocycles. The van der Waals surface area contributed by atoms with Gasteiger partial charge in [-0.15, -0.1) is 0 Å². The number of amides is 2. The molecule has 0 radical (unpaired) electrons. The molecule has 1 aromatic heterocycles. The van der Waals surface area contributed by atoms with Crippen LogP contribution in [0.4, 0.5) is 0 Å². The maximum absolute atomic E-state index is 12.5. The third-order valence-electron chi connectivity index (χ3n) is 5.65. The highest BCUT2D eigenvalue weighted by Gasteiger charge is 2.27. The number of carbonyl (C=O) groups excluding carboxylic acids is 3. The molecular weight excluding hydrogens is 412 g/mol. The van der Waals surface area contributed by atoms with E-state index in [0.29, 0.717) is 19.4 Å². The van der Waals surface area contributed by atoms with E-state index >= 15 is 0 Å². The van der Waals surface area contributed by atoms with Gasteiger partial charge in [0.2, 0.25) is 11.8 Å². The number of aryl methyl sites for hydroxylation is 3. The molecule has 2 amide bonds. The van der Waals surface area contributed by atoms with Crippen LogP contribution >= 0.6 is 0 Å². The monoisotopic (exact) mass is 444 g/mol. The number of carboxylic acids is 1. The summed E-state index contributed by atoms with van der Waals surface area (Å²) in [4.78, 5) is 51.5. The van der Waals surface area contributed by atoms with Crippen molar-refractivity contribution in [3.05, 3.63) is 29.1 Å². The van der Waals surface area contributed by atoms with Crippen LogP contribution < -0.4 is 10.6 Å². The van der Waals surface area contributed by atoms with Crippen molar-refractivity contribution in [3.63, 3.8) is 0 Å². The summed E-state index contributed by atoms with van der Waals surface area (Å²) in [5.41, 5.74) is 4.27. The first-order chi connectivity index (χ1) is 15.0. The van der Waals surface area contributed by atoms with E-state index < -0.39 is 30.3 Å². The number of nitrogens with one attached hydrogen (secondary N) is 2. The molecule has 0 aliphatic rings. The van der Waals surface area contributed by atoms with Gasteiger partial charge in [-0.3, -0.25) is 14.4 Å². The minimum absolute atomic E-state index is 0.0515. The van der Waals surface area contributed by atoms with Crippen LogP contribution in [0.1, 0.15) is 43.6 Å². The summed E-state index contributed by atoms with van der Waals surface area (Å²) < 4.78 is 2.05. The largest absolute Gasteiger partial charge is 0.481 e. The van der Waals surface area contributed by atoms with Gasteiger partial charge in [-0.05, 0) is 49.9 Å². The maximum atomic E-state index is 12.5. The van der Waals surface area contributed by atoms with Crippen molar-refractivity contribution in [2.45, 2.75) is 60.0 Å². The Morgan fingerprint density at radius 3 is 2.38 bits per heavy atom. The predicted octanol–water partition coefficient (Wildman–Crippen LogP) is 1.90. The van der Waals surface area contributed by atoms with Gasteiger partial charge < -0.3 is 25.1 Å². The molecule has 2 aromatic rings. The highest BCUT2D eigenvalue weighted by Crippen LogP contribution is 2.20. The number of carbonyl (C=O) groups is 4. The molecule has 0 saturated carbocycles. The van der Waals surface area contributed by atoms with E-state index in [0.717, 1.165) is 16.9 Å². The minimum Gasteiger partial charge on any atom is -0.481 e. The van der Waals surface area contributed by atoms with Gasteiger partial charge in [-0.25, -0.2) is 4.98 Å². The molecule has 3 N–H and O–H groups in total. The Hall–Kier alpha value is -3.23. The van der Waals surface area contributed by atoms with Crippen LogP contribution in [0, 0.1) is 32.6 Å². The molecule has 2 rings (SSSR count). The number of nitrogens with zero attached hydrogens (tertiary/aromatic N) is 2. The molecule has 2 atom stereocenters. The summed E-state index contributed by atoms with van der Waals surface area (Å²) in [5, 5.41) is 14.1. The Kier molecular flexibility index (Phi) is 8.51. The fourth-order valence-corrected chi connectivity index (χ4v) is 3.60. The normalized spacial score (nSPS) is 13.1. The zero-order valence-electron chi connectivity index (χ0n) is 19.3. The lowest BCUT2D eigenvalue weighted by molar-refractivity contribution is -0.139. The number of aliphatic carboxylic acids is 1. The number of benzene rings is 1. The van der Waals surface area contributed by atoms with E-state index in [2.05, 4.69) is 32.3 Å². The van der Waals surface area contributed by atoms with E-state index in [1.165, 1.54) is 11.1 Å². The van der Waals surface area contributed by atoms with Crippen LogP contribution in [0.25, 0.3) is 11.0 Å². The highest BCUT2D eigenvalue weighted by molar-refractivity contribution is 5.88. The Morgan fingerprint density at radius 2 is 1.78 bits per heavy atom. The molecule has 174 valence electrons. The predicted molar refractivity (Wildman–Crippen MR) is 120 cm³/mol. The summed E-state index contributed by atoms with van der Waals surface area (Å²) in [7, 11) is 0. The van der Waals surface area contributed by atoms with Crippen LogP contribution in [-0.4, -0.2) is 51.3 Å². The van der Waals surface area contributed by atoms with Gasteiger partial charge in [0.15, 0.2) is 0 Å². The molecule has 1 aromatic carbocycles. The topological polar surface area (TPSA) is 130 Å². The third-order valence-corrected chi connectivity index (χ3v) is 5.65. The number of imidazole rings is 1. The van der Waals surface area contributed by atoms with Crippen LogP contribution in [0.3, 0.4) is 0 Å². The highest BCUT2D eigenvalue weighted by atomic mass is 16.4. The van der Waals surface area contributed by atoms with E-state index in [-0.39, 0.29) is 18.2 Å². The Morgan fingerprint density at radius 1 is 1.12 bits per heavy atom. The first-order valence-corrected chi connectivity index (χ1v) is 10.7. The van der Waals surface area contributed by atoms with Gasteiger partial charge >= 0.3 is 5.97 Å². The molecule has 9 nitrogen and oxygen atoms in total. The average molecular weight is 445 g/mol. The molecule has 0 fully saturated rings. The molecule has 0 aliphatic carbocycles. The first-order valence-electron chi connectivity index (χ1n) is 10.7. The molecule has 0 spiro atoms. The SMILES string of the molecule is Cc1cc2nc(C)n(CCNC(=O)C[C@H](C(=O)N[C@H](C=O)CC(=O)O)C(C)C)c2cc1C. The molecule has 0 unspecified atom stereocenters. The summed E-state index contributed by atoms with van der Waals surface area (Å²) in [5.74, 6) is -1.95. The number of rotatable bonds is 11. The van der Waals surface area contributed by atoms with Gasteiger partial charge in [0.1, 0.15) is 12.1 Å². The summed E-state index contributed by atoms with van der Waals surface area (Å²) in [6.45, 7) is 10.5. The Bertz CT molecular complexity index is 1010. The fourth-order valence-electron chi connectivity index (χ4n) is 3.60. The van der Waals surface area contributed by atoms with Crippen molar-refractivity contribution in [2.75, 3.05) is 6.54 Å². The number of fused-ring (bicyclic) bond motifs is 1. The quantitative estimate of drug-likeness (QED) is 0.454. The average Bonchev–Trinajstić information content (AvgIpc) is 2.99. The van der Waals surface area contributed by atoms with E-state index in [9.17, 15) is 19.2 Å². The van der Waals surface area contributed by atoms with Crippen LogP contribution in [0.5, 0.6) is 0 Å². The second-order valence-electron chi connectivity index (χ2n) is 8.49. The minimum atomic E-state index is -1.19. The molecule has 0 bridgehead atoms. The van der Waals surface area contributed by atoms with E-state index in [4.69, 9.17) is 5.11 Å². The van der Waals surface area contributed by atoms with Crippen molar-refractivity contribution in [1.82, 2.24) is 20.2 Å². The number of carboxylic acid groups (broad SMARTS) is 1. The second kappa shape index (κ2) is 10.9. The second-order valence-corrected chi connectivity index (χ2v) is 8.49. The Balaban J connectivity index is 1.97. The van der Waals surface area contributed by atoms with Gasteiger partial charge in [0.05, 0.1) is 23.5 Å². The summed E-state index contributed by atoms with van der Waals surface area (Å²) in [6.07, 6.45) is -0.155. The lowest BCUT2D eigenvalue weighted by Gasteiger charge is -2.21. The van der Waals surface area contributed by atoms with Crippen molar-refractivity contribution in [3.8, 4) is 0 Å². The number of aldehydes is 1. The Labute approximate surface area is 187 Å². The molecule has 0 aliphatic heterocycles.